The molecule has 0 atom stereocenters. The normalized spacial score (nSPS) is 20.9. The van der Waals surface area contributed by atoms with Gasteiger partial charge in [0.25, 0.3) is 0 Å². The van der Waals surface area contributed by atoms with Crippen LogP contribution in [0.2, 0.25) is 0 Å². The van der Waals surface area contributed by atoms with E-state index in [-0.39, 0.29) is 12.3 Å². The van der Waals surface area contributed by atoms with Crippen LogP contribution in [0, 0.1) is 11.3 Å². The lowest BCUT2D eigenvalue weighted by atomic mass is 9.71. The largest absolute Gasteiger partial charge is 0.481 e. The molecule has 1 heterocycles. The Morgan fingerprint density at radius 1 is 1.11 bits per heavy atom. The van der Waals surface area contributed by atoms with Gasteiger partial charge in [-0.15, -0.1) is 11.3 Å². The molecule has 5 rings (SSSR count). The van der Waals surface area contributed by atoms with Gasteiger partial charge in [0.15, 0.2) is 0 Å². The van der Waals surface area contributed by atoms with E-state index in [1.54, 1.807) is 11.3 Å². The Hall–Kier alpha value is -2.77. The summed E-state index contributed by atoms with van der Waals surface area (Å²) in [5, 5.41) is 13.4. The molecule has 0 saturated heterocycles. The number of hydrogen-bond acceptors (Lipinski definition) is 4. The molecule has 1 aromatic heterocycles. The number of aliphatic carboxylic acids is 1. The van der Waals surface area contributed by atoms with Gasteiger partial charge < -0.3 is 14.9 Å². The van der Waals surface area contributed by atoms with Crippen molar-refractivity contribution in [3.63, 3.8) is 0 Å². The van der Waals surface area contributed by atoms with E-state index in [1.807, 2.05) is 24.3 Å². The molecular weight excluding hydrogens is 458 g/mol. The van der Waals surface area contributed by atoms with E-state index >= 15 is 0 Å². The minimum atomic E-state index is -0.944. The Balaban J connectivity index is 1.24. The number of fused-ring (bicyclic) bond motifs is 2. The van der Waals surface area contributed by atoms with Gasteiger partial charge in [-0.3, -0.25) is 9.59 Å². The molecule has 6 nitrogen and oxygen atoms in total. The zero-order valence-corrected chi connectivity index (χ0v) is 21.5. The van der Waals surface area contributed by atoms with Gasteiger partial charge in [0.2, 0.25) is 5.91 Å². The summed E-state index contributed by atoms with van der Waals surface area (Å²) in [4.78, 5) is 29.6. The van der Waals surface area contributed by atoms with Crippen LogP contribution >= 0.6 is 11.3 Å². The molecule has 2 aliphatic carbocycles. The highest BCUT2D eigenvalue weighted by Crippen LogP contribution is 2.43. The number of nitrogens with zero attached hydrogens (tertiary/aromatic N) is 2. The number of nitrogens with one attached hydrogen (secondary N) is 1. The van der Waals surface area contributed by atoms with Gasteiger partial charge in [-0.2, -0.15) is 0 Å². The van der Waals surface area contributed by atoms with Crippen molar-refractivity contribution < 1.29 is 19.2 Å². The highest BCUT2D eigenvalue weighted by atomic mass is 32.1. The van der Waals surface area contributed by atoms with Gasteiger partial charge in [0, 0.05) is 5.92 Å². The zero-order chi connectivity index (χ0) is 24.8. The van der Waals surface area contributed by atoms with E-state index in [0.717, 1.165) is 36.8 Å². The van der Waals surface area contributed by atoms with E-state index in [9.17, 15) is 14.7 Å². The number of thiazole rings is 1. The van der Waals surface area contributed by atoms with Crippen molar-refractivity contribution in [2.75, 3.05) is 27.7 Å². The second kappa shape index (κ2) is 9.03. The minimum absolute atomic E-state index is 0.173. The van der Waals surface area contributed by atoms with Crippen LogP contribution in [0.15, 0.2) is 42.5 Å². The van der Waals surface area contributed by atoms with Gasteiger partial charge in [-0.1, -0.05) is 30.3 Å². The van der Waals surface area contributed by atoms with E-state index < -0.39 is 11.4 Å². The Morgan fingerprint density at radius 3 is 2.43 bits per heavy atom. The predicted molar refractivity (Wildman–Crippen MR) is 138 cm³/mol. The number of amides is 1. The third-order valence-electron chi connectivity index (χ3n) is 7.52. The second-order valence-corrected chi connectivity index (χ2v) is 12.6. The number of quaternary nitrogens is 1. The summed E-state index contributed by atoms with van der Waals surface area (Å²) in [5.74, 6) is 0.276. The topological polar surface area (TPSA) is 79.3 Å². The standard InChI is InChI=1S/C28H33N3O3S/c1-31(2,3)17-18-10-22(11-18)19-8-9-23-24(12-19)35-25(30-23)16-29-27(34)28(15-26(32)33)13-20-6-4-5-7-21(20)14-28/h4-9,12,18,22H,10-11,13-17H2,1-3H3,(H-,29,32,33,34)/p+1. The fourth-order valence-corrected chi connectivity index (χ4v) is 6.90. The fraction of sp³-hybridized carbons (Fsp3) is 0.464. The molecular formula is C28H34N3O3S+. The van der Waals surface area contributed by atoms with Gasteiger partial charge in [-0.05, 0) is 60.4 Å². The lowest BCUT2D eigenvalue weighted by Gasteiger charge is -2.39. The predicted octanol–water partition coefficient (Wildman–Crippen LogP) is 4.37. The van der Waals surface area contributed by atoms with Crippen molar-refractivity contribution in [2.24, 2.45) is 11.3 Å². The number of carboxylic acids is 1. The summed E-state index contributed by atoms with van der Waals surface area (Å²) >= 11 is 1.61. The van der Waals surface area contributed by atoms with Crippen molar-refractivity contribution in [2.45, 2.75) is 44.6 Å². The van der Waals surface area contributed by atoms with Crippen LogP contribution in [0.5, 0.6) is 0 Å². The molecule has 1 saturated carbocycles. The van der Waals surface area contributed by atoms with Gasteiger partial charge >= 0.3 is 5.97 Å². The number of rotatable bonds is 8. The Kier molecular flexibility index (Phi) is 6.18. The Morgan fingerprint density at radius 2 is 1.80 bits per heavy atom. The summed E-state index contributed by atoms with van der Waals surface area (Å²) in [6.45, 7) is 1.54. The summed E-state index contributed by atoms with van der Waals surface area (Å²) in [6.07, 6.45) is 3.24. The van der Waals surface area contributed by atoms with E-state index in [1.165, 1.54) is 24.9 Å². The summed E-state index contributed by atoms with van der Waals surface area (Å²) in [7, 11) is 6.77. The average molecular weight is 493 g/mol. The maximum absolute atomic E-state index is 13.3. The van der Waals surface area contributed by atoms with Crippen LogP contribution in [-0.4, -0.2) is 54.1 Å². The SMILES string of the molecule is C[N+](C)(C)CC1CC(c2ccc3nc(CNC(=O)C4(CC(=O)O)Cc5ccccc5C4)sc3c2)C1. The molecule has 35 heavy (non-hydrogen) atoms. The van der Waals surface area contributed by atoms with Crippen LogP contribution < -0.4 is 5.32 Å². The summed E-state index contributed by atoms with van der Waals surface area (Å²) < 4.78 is 2.16. The van der Waals surface area contributed by atoms with Crippen molar-refractivity contribution in [1.29, 1.82) is 0 Å². The monoisotopic (exact) mass is 492 g/mol. The van der Waals surface area contributed by atoms with Crippen molar-refractivity contribution in [1.82, 2.24) is 10.3 Å². The molecule has 0 aliphatic heterocycles. The maximum atomic E-state index is 13.3. The first-order valence-electron chi connectivity index (χ1n) is 12.4. The molecule has 0 unspecified atom stereocenters. The molecule has 3 aromatic rings. The Labute approximate surface area is 210 Å². The Bertz CT molecular complexity index is 1240. The molecule has 184 valence electrons. The van der Waals surface area contributed by atoms with Crippen LogP contribution in [-0.2, 0) is 29.0 Å². The zero-order valence-electron chi connectivity index (χ0n) is 20.7. The number of carbonyl (C=O) groups excluding carboxylic acids is 1. The molecule has 1 amide bonds. The van der Waals surface area contributed by atoms with E-state index in [0.29, 0.717) is 25.3 Å². The molecule has 0 radical (unpaired) electrons. The lowest BCUT2D eigenvalue weighted by molar-refractivity contribution is -0.874. The lowest BCUT2D eigenvalue weighted by Crippen LogP contribution is -2.43. The van der Waals surface area contributed by atoms with Gasteiger partial charge in [0.05, 0.1) is 56.3 Å². The fourth-order valence-electron chi connectivity index (χ4n) is 5.94. The quantitative estimate of drug-likeness (QED) is 0.458. The smallest absolute Gasteiger partial charge is 0.304 e. The van der Waals surface area contributed by atoms with Gasteiger partial charge in [0.1, 0.15) is 5.01 Å². The summed E-state index contributed by atoms with van der Waals surface area (Å²) in [6, 6.07) is 14.4. The molecule has 0 spiro atoms. The first-order valence-corrected chi connectivity index (χ1v) is 13.2. The third-order valence-corrected chi connectivity index (χ3v) is 8.54. The number of hydrogen-bond donors (Lipinski definition) is 2. The molecule has 2 aliphatic rings. The van der Waals surface area contributed by atoms with Crippen LogP contribution in [0.25, 0.3) is 10.2 Å². The van der Waals surface area contributed by atoms with E-state index in [4.69, 9.17) is 4.98 Å². The molecule has 1 fully saturated rings. The van der Waals surface area contributed by atoms with Crippen molar-refractivity contribution >= 4 is 33.4 Å². The first-order chi connectivity index (χ1) is 16.6. The molecule has 2 N–H and O–H groups in total. The maximum Gasteiger partial charge on any atom is 0.304 e. The number of carboxylic acid groups (broad SMARTS) is 1. The van der Waals surface area contributed by atoms with Crippen molar-refractivity contribution in [3.8, 4) is 0 Å². The van der Waals surface area contributed by atoms with E-state index in [2.05, 4.69) is 44.7 Å². The third kappa shape index (κ3) is 5.11. The number of benzene rings is 2. The van der Waals surface area contributed by atoms with Crippen molar-refractivity contribution in [3.05, 3.63) is 64.2 Å². The average Bonchev–Trinajstić information content (AvgIpc) is 3.33. The minimum Gasteiger partial charge on any atom is -0.481 e. The van der Waals surface area contributed by atoms with Crippen LogP contribution in [0.4, 0.5) is 0 Å². The molecule has 7 heteroatoms. The summed E-state index contributed by atoms with van der Waals surface area (Å²) in [5.41, 5.74) is 3.54. The number of carbonyl (C=O) groups is 2. The molecule has 2 aromatic carbocycles. The number of aromatic nitrogens is 1. The first kappa shape index (κ1) is 23.9. The van der Waals surface area contributed by atoms with Crippen LogP contribution in [0.3, 0.4) is 0 Å². The van der Waals surface area contributed by atoms with Crippen LogP contribution in [0.1, 0.15) is 46.9 Å². The molecule has 0 bridgehead atoms. The highest BCUT2D eigenvalue weighted by Gasteiger charge is 2.45. The van der Waals surface area contributed by atoms with Gasteiger partial charge in [-0.25, -0.2) is 4.98 Å². The highest BCUT2D eigenvalue weighted by molar-refractivity contribution is 7.18. The second-order valence-electron chi connectivity index (χ2n) is 11.5.